The Kier molecular flexibility index (Phi) is 6.40. The first-order valence-electron chi connectivity index (χ1n) is 9.21. The summed E-state index contributed by atoms with van der Waals surface area (Å²) in [6.07, 6.45) is -10.1. The van der Waals surface area contributed by atoms with E-state index in [1.807, 2.05) is 0 Å². The second-order valence-corrected chi connectivity index (χ2v) is 8.66. The van der Waals surface area contributed by atoms with Crippen molar-refractivity contribution in [1.82, 2.24) is 5.32 Å². The molecule has 1 aromatic heterocycles. The van der Waals surface area contributed by atoms with E-state index in [1.54, 1.807) is 0 Å². The number of rotatable bonds is 5. The van der Waals surface area contributed by atoms with Gasteiger partial charge in [0.2, 0.25) is 0 Å². The summed E-state index contributed by atoms with van der Waals surface area (Å²) in [5.41, 5.74) is -0.217. The molecule has 13 heteroatoms. The number of thiophene rings is 1. The van der Waals surface area contributed by atoms with Crippen LogP contribution in [0.4, 0.5) is 31.3 Å². The second-order valence-electron chi connectivity index (χ2n) is 7.11. The Morgan fingerprint density at radius 2 is 1.66 bits per heavy atom. The van der Waals surface area contributed by atoms with Crippen molar-refractivity contribution in [3.63, 3.8) is 0 Å². The molecule has 0 aliphatic heterocycles. The zero-order chi connectivity index (χ0) is 23.9. The fourth-order valence-corrected chi connectivity index (χ4v) is 4.97. The summed E-state index contributed by atoms with van der Waals surface area (Å²) in [6.45, 7) is 0. The number of nitrogens with one attached hydrogen (secondary N) is 2. The molecule has 0 fully saturated rings. The van der Waals surface area contributed by atoms with Crippen LogP contribution in [-0.4, -0.2) is 29.8 Å². The first kappa shape index (κ1) is 24.2. The summed E-state index contributed by atoms with van der Waals surface area (Å²) in [7, 11) is 0. The lowest BCUT2D eigenvalue weighted by atomic mass is 9.95. The molecule has 1 aromatic carbocycles. The quantitative estimate of drug-likeness (QED) is 0.398. The van der Waals surface area contributed by atoms with Crippen molar-refractivity contribution in [2.75, 3.05) is 5.32 Å². The summed E-state index contributed by atoms with van der Waals surface area (Å²) in [5.74, 6) is -2.83. The van der Waals surface area contributed by atoms with E-state index in [4.69, 9.17) is 17.3 Å². The maximum absolute atomic E-state index is 14.0. The largest absolute Gasteiger partial charge is 0.439 e. The number of carbonyl (C=O) groups is 2. The first-order valence-corrected chi connectivity index (χ1v) is 10.4. The maximum Gasteiger partial charge on any atom is 0.439 e. The Bertz CT molecular complexity index is 1040. The molecule has 1 aliphatic carbocycles. The standard InChI is InChI=1S/C19H16ClF6N3O2S/c20-10-5-3-4-9(8-10)15(31)28-17(18(21,22)23,19(24,25)26)29-16-13(14(27)30)11-6-1-2-7-12(11)32-16/h3-5,8,29H,1-2,6-7H2,(H2,27,30)(H,28,31). The Morgan fingerprint density at radius 3 is 2.22 bits per heavy atom. The van der Waals surface area contributed by atoms with Crippen LogP contribution in [0.15, 0.2) is 24.3 Å². The average molecular weight is 500 g/mol. The summed E-state index contributed by atoms with van der Waals surface area (Å²) in [4.78, 5) is 24.8. The zero-order valence-corrected chi connectivity index (χ0v) is 17.7. The highest BCUT2D eigenvalue weighted by Gasteiger charge is 2.73. The molecule has 174 valence electrons. The number of carbonyl (C=O) groups excluding carboxylic acids is 2. The van der Waals surface area contributed by atoms with Gasteiger partial charge in [0.05, 0.1) is 5.56 Å². The monoisotopic (exact) mass is 499 g/mol. The first-order chi connectivity index (χ1) is 14.8. The molecule has 0 radical (unpaired) electrons. The molecule has 5 nitrogen and oxygen atoms in total. The van der Waals surface area contributed by atoms with Crippen molar-refractivity contribution in [3.05, 3.63) is 50.9 Å². The molecular formula is C19H16ClF6N3O2S. The van der Waals surface area contributed by atoms with Crippen LogP contribution in [-0.2, 0) is 12.8 Å². The molecule has 4 N–H and O–H groups in total. The predicted molar refractivity (Wildman–Crippen MR) is 107 cm³/mol. The van der Waals surface area contributed by atoms with Crippen LogP contribution >= 0.6 is 22.9 Å². The van der Waals surface area contributed by atoms with E-state index in [-0.39, 0.29) is 5.02 Å². The highest BCUT2D eigenvalue weighted by molar-refractivity contribution is 7.16. The maximum atomic E-state index is 14.0. The van der Waals surface area contributed by atoms with Crippen LogP contribution in [0.3, 0.4) is 0 Å². The Hall–Kier alpha value is -2.47. The van der Waals surface area contributed by atoms with Crippen molar-refractivity contribution in [2.45, 2.75) is 43.7 Å². The van der Waals surface area contributed by atoms with Crippen LogP contribution in [0.1, 0.15) is 44.0 Å². The van der Waals surface area contributed by atoms with Gasteiger partial charge in [-0.1, -0.05) is 17.7 Å². The van der Waals surface area contributed by atoms with E-state index < -0.39 is 46.0 Å². The molecule has 3 rings (SSSR count). The summed E-state index contributed by atoms with van der Waals surface area (Å²) in [6, 6.07) is 4.43. The van der Waals surface area contributed by atoms with Gasteiger partial charge in [-0.3, -0.25) is 9.59 Å². The molecule has 1 heterocycles. The molecule has 0 unspecified atom stereocenters. The van der Waals surface area contributed by atoms with Crippen molar-refractivity contribution in [3.8, 4) is 0 Å². The minimum absolute atomic E-state index is 0.0582. The number of anilines is 1. The number of aryl methyl sites for hydroxylation is 1. The van der Waals surface area contributed by atoms with E-state index >= 15 is 0 Å². The molecule has 0 saturated carbocycles. The van der Waals surface area contributed by atoms with Gasteiger partial charge in [0.25, 0.3) is 11.8 Å². The molecule has 2 aromatic rings. The number of halogens is 7. The second kappa shape index (κ2) is 8.47. The SMILES string of the molecule is NC(=O)c1c(NC(NC(=O)c2cccc(Cl)c2)(C(F)(F)F)C(F)(F)F)sc2c1CCCC2. The number of alkyl halides is 6. The third-order valence-corrected chi connectivity index (χ3v) is 6.40. The molecule has 1 aliphatic rings. The third kappa shape index (κ3) is 4.38. The van der Waals surface area contributed by atoms with Gasteiger partial charge < -0.3 is 16.4 Å². The van der Waals surface area contributed by atoms with Gasteiger partial charge in [-0.05, 0) is 49.4 Å². The normalized spacial score (nSPS) is 14.6. The third-order valence-electron chi connectivity index (χ3n) is 4.96. The minimum atomic E-state index is -6.04. The van der Waals surface area contributed by atoms with Crippen molar-refractivity contribution in [2.24, 2.45) is 5.73 Å². The van der Waals surface area contributed by atoms with Crippen molar-refractivity contribution in [1.29, 1.82) is 0 Å². The topological polar surface area (TPSA) is 84.2 Å². The van der Waals surface area contributed by atoms with Gasteiger partial charge in [0.1, 0.15) is 5.00 Å². The molecular weight excluding hydrogens is 484 g/mol. The molecule has 2 amide bonds. The van der Waals surface area contributed by atoms with Crippen LogP contribution in [0, 0.1) is 0 Å². The lowest BCUT2D eigenvalue weighted by Crippen LogP contribution is -2.72. The predicted octanol–water partition coefficient (Wildman–Crippen LogP) is 5.04. The summed E-state index contributed by atoms with van der Waals surface area (Å²) >= 11 is 6.28. The highest BCUT2D eigenvalue weighted by Crippen LogP contribution is 2.47. The minimum Gasteiger partial charge on any atom is -0.365 e. The van der Waals surface area contributed by atoms with Crippen molar-refractivity contribution < 1.29 is 35.9 Å². The molecule has 0 bridgehead atoms. The fourth-order valence-electron chi connectivity index (χ4n) is 3.43. The van der Waals surface area contributed by atoms with E-state index in [1.165, 1.54) is 17.4 Å². The Labute approximate surface area is 186 Å². The van der Waals surface area contributed by atoms with Gasteiger partial charge >= 0.3 is 18.0 Å². The summed E-state index contributed by atoms with van der Waals surface area (Å²) in [5, 5.41) is 1.68. The summed E-state index contributed by atoms with van der Waals surface area (Å²) < 4.78 is 84.0. The van der Waals surface area contributed by atoms with Gasteiger partial charge in [-0.15, -0.1) is 11.3 Å². The van der Waals surface area contributed by atoms with E-state index in [0.29, 0.717) is 47.5 Å². The van der Waals surface area contributed by atoms with Crippen LogP contribution in [0.5, 0.6) is 0 Å². The van der Waals surface area contributed by atoms with Gasteiger partial charge in [0.15, 0.2) is 0 Å². The number of amides is 2. The number of hydrogen-bond acceptors (Lipinski definition) is 4. The number of primary amides is 1. The number of fused-ring (bicyclic) bond motifs is 1. The zero-order valence-electron chi connectivity index (χ0n) is 16.1. The van der Waals surface area contributed by atoms with Gasteiger partial charge in [-0.2, -0.15) is 26.3 Å². The lowest BCUT2D eigenvalue weighted by molar-refractivity contribution is -0.293. The van der Waals surface area contributed by atoms with E-state index in [9.17, 15) is 35.9 Å². The van der Waals surface area contributed by atoms with E-state index in [0.717, 1.165) is 17.4 Å². The van der Waals surface area contributed by atoms with Crippen molar-refractivity contribution >= 4 is 39.8 Å². The molecule has 0 atom stereocenters. The number of nitrogens with two attached hydrogens (primary N) is 1. The lowest BCUT2D eigenvalue weighted by Gasteiger charge is -2.38. The van der Waals surface area contributed by atoms with E-state index in [2.05, 4.69) is 0 Å². The average Bonchev–Trinajstić information content (AvgIpc) is 3.03. The highest BCUT2D eigenvalue weighted by atomic mass is 35.5. The number of hydrogen-bond donors (Lipinski definition) is 3. The fraction of sp³-hybridized carbons (Fsp3) is 0.368. The van der Waals surface area contributed by atoms with Crippen LogP contribution in [0.2, 0.25) is 5.02 Å². The van der Waals surface area contributed by atoms with Gasteiger partial charge in [-0.25, -0.2) is 0 Å². The molecule has 32 heavy (non-hydrogen) atoms. The van der Waals surface area contributed by atoms with Crippen LogP contribution < -0.4 is 16.4 Å². The Morgan fingerprint density at radius 1 is 1.03 bits per heavy atom. The smallest absolute Gasteiger partial charge is 0.365 e. The molecule has 0 saturated heterocycles. The van der Waals surface area contributed by atoms with Gasteiger partial charge in [0, 0.05) is 15.5 Å². The molecule has 0 spiro atoms. The Balaban J connectivity index is 2.13. The number of benzene rings is 1. The van der Waals surface area contributed by atoms with Crippen LogP contribution in [0.25, 0.3) is 0 Å².